The molecule has 0 spiro atoms. The third kappa shape index (κ3) is 4.79. The molecule has 0 radical (unpaired) electrons. The van der Waals surface area contributed by atoms with Crippen molar-refractivity contribution in [2.75, 3.05) is 13.2 Å². The van der Waals surface area contributed by atoms with Crippen LogP contribution < -0.4 is 0 Å². The third-order valence-electron chi connectivity index (χ3n) is 2.39. The maximum absolute atomic E-state index is 9.99. The average Bonchev–Trinajstić information content (AvgIpc) is 1.81. The van der Waals surface area contributed by atoms with E-state index in [0.717, 1.165) is 6.61 Å². The van der Waals surface area contributed by atoms with E-state index in [9.17, 15) is 5.11 Å². The largest absolute Gasteiger partial charge is 0.390 e. The van der Waals surface area contributed by atoms with E-state index < -0.39 is 13.7 Å². The van der Waals surface area contributed by atoms with Crippen molar-refractivity contribution in [3.05, 3.63) is 0 Å². The quantitative estimate of drug-likeness (QED) is 0.697. The summed E-state index contributed by atoms with van der Waals surface area (Å²) in [5.41, 5.74) is -0.306. The van der Waals surface area contributed by atoms with Gasteiger partial charge in [0.05, 0.1) is 13.7 Å². The van der Waals surface area contributed by atoms with E-state index in [1.807, 2.05) is 20.8 Å². The van der Waals surface area contributed by atoms with Gasteiger partial charge in [-0.25, -0.2) is 0 Å². The Bertz CT molecular complexity index is 130. The zero-order chi connectivity index (χ0) is 10.7. The van der Waals surface area contributed by atoms with Crippen LogP contribution in [0, 0.1) is 0 Å². The van der Waals surface area contributed by atoms with Crippen molar-refractivity contribution >= 4 is 8.07 Å². The van der Waals surface area contributed by atoms with Crippen LogP contribution in [-0.4, -0.2) is 32.0 Å². The second kappa shape index (κ2) is 4.58. The molecule has 0 fully saturated rings. The van der Waals surface area contributed by atoms with Gasteiger partial charge in [-0.05, 0) is 20.8 Å². The van der Waals surface area contributed by atoms with Gasteiger partial charge < -0.3 is 9.84 Å². The highest BCUT2D eigenvalue weighted by molar-refractivity contribution is 6.77. The van der Waals surface area contributed by atoms with Crippen LogP contribution in [0.25, 0.3) is 0 Å². The highest BCUT2D eigenvalue weighted by atomic mass is 28.3. The summed E-state index contributed by atoms with van der Waals surface area (Å²) in [5.74, 6) is 0. The lowest BCUT2D eigenvalue weighted by molar-refractivity contribution is 0.0290. The summed E-state index contributed by atoms with van der Waals surface area (Å²) in [6, 6.07) is 0. The molecule has 0 aliphatic rings. The Morgan fingerprint density at radius 3 is 2.00 bits per heavy atom. The number of ether oxygens (including phenoxy) is 1. The molecule has 0 rings (SSSR count). The summed E-state index contributed by atoms with van der Waals surface area (Å²) in [5, 5.41) is 9.99. The molecule has 1 unspecified atom stereocenters. The molecule has 0 aliphatic carbocycles. The van der Waals surface area contributed by atoms with Gasteiger partial charge >= 0.3 is 0 Å². The van der Waals surface area contributed by atoms with E-state index in [1.165, 1.54) is 0 Å². The van der Waals surface area contributed by atoms with Gasteiger partial charge in [0.2, 0.25) is 0 Å². The maximum atomic E-state index is 9.99. The lowest BCUT2D eigenvalue weighted by Crippen LogP contribution is -2.44. The van der Waals surface area contributed by atoms with E-state index in [0.29, 0.717) is 12.1 Å². The van der Waals surface area contributed by atoms with E-state index in [1.54, 1.807) is 0 Å². The van der Waals surface area contributed by atoms with Gasteiger partial charge in [0.25, 0.3) is 0 Å². The lowest BCUT2D eigenvalue weighted by atomic mass is 10.1. The first-order valence-electron chi connectivity index (χ1n) is 4.99. The molecule has 0 bridgehead atoms. The zero-order valence-electron chi connectivity index (χ0n) is 9.85. The zero-order valence-corrected chi connectivity index (χ0v) is 10.8. The van der Waals surface area contributed by atoms with Crippen molar-refractivity contribution in [2.45, 2.75) is 51.6 Å². The van der Waals surface area contributed by atoms with Crippen LogP contribution in [0.15, 0.2) is 0 Å². The Morgan fingerprint density at radius 1 is 1.31 bits per heavy atom. The molecule has 2 nitrogen and oxygen atoms in total. The van der Waals surface area contributed by atoms with Gasteiger partial charge in [0, 0.05) is 18.8 Å². The molecule has 3 heteroatoms. The van der Waals surface area contributed by atoms with E-state index in [-0.39, 0.29) is 0 Å². The molecule has 13 heavy (non-hydrogen) atoms. The fraction of sp³-hybridized carbons (Fsp3) is 1.00. The van der Waals surface area contributed by atoms with Crippen molar-refractivity contribution in [3.8, 4) is 0 Å². The molecular weight excluding hydrogens is 180 g/mol. The fourth-order valence-corrected chi connectivity index (χ4v) is 4.49. The minimum Gasteiger partial charge on any atom is -0.390 e. The highest BCUT2D eigenvalue weighted by Gasteiger charge is 2.37. The van der Waals surface area contributed by atoms with E-state index in [2.05, 4.69) is 19.6 Å². The second-order valence-corrected chi connectivity index (χ2v) is 10.7. The molecule has 0 aromatic carbocycles. The molecule has 1 N–H and O–H groups in total. The summed E-state index contributed by atoms with van der Waals surface area (Å²) >= 11 is 0. The maximum Gasteiger partial charge on any atom is 0.0617 e. The summed E-state index contributed by atoms with van der Waals surface area (Å²) in [6.07, 6.45) is 0. The second-order valence-electron chi connectivity index (χ2n) is 5.23. The Hall–Kier alpha value is 0.137. The monoisotopic (exact) mass is 204 g/mol. The highest BCUT2D eigenvalue weighted by Crippen LogP contribution is 2.33. The molecule has 0 aromatic heterocycles. The molecule has 0 amide bonds. The molecule has 80 valence electrons. The van der Waals surface area contributed by atoms with Crippen LogP contribution >= 0.6 is 0 Å². The first-order valence-corrected chi connectivity index (χ1v) is 8.57. The van der Waals surface area contributed by atoms with Crippen molar-refractivity contribution in [2.24, 2.45) is 0 Å². The molecule has 0 aromatic rings. The SMILES string of the molecule is CCOCC(C(C)(C)O)[Si](C)(C)C. The third-order valence-corrected chi connectivity index (χ3v) is 5.35. The Kier molecular flexibility index (Phi) is 4.62. The number of hydrogen-bond acceptors (Lipinski definition) is 2. The van der Waals surface area contributed by atoms with Gasteiger partial charge in [-0.15, -0.1) is 0 Å². The van der Waals surface area contributed by atoms with Crippen molar-refractivity contribution < 1.29 is 9.84 Å². The summed E-state index contributed by atoms with van der Waals surface area (Å²) in [6.45, 7) is 14.0. The van der Waals surface area contributed by atoms with Crippen LogP contribution in [0.1, 0.15) is 20.8 Å². The van der Waals surface area contributed by atoms with Crippen LogP contribution in [0.4, 0.5) is 0 Å². The normalized spacial score (nSPS) is 15.9. The standard InChI is InChI=1S/C10H24O2Si/c1-7-12-8-9(10(2,3)11)13(4,5)6/h9,11H,7-8H2,1-6H3. The number of rotatable bonds is 5. The molecule has 0 aliphatic heterocycles. The van der Waals surface area contributed by atoms with Gasteiger partial charge in [0.15, 0.2) is 0 Å². The van der Waals surface area contributed by atoms with Gasteiger partial charge in [-0.2, -0.15) is 0 Å². The fourth-order valence-electron chi connectivity index (χ4n) is 1.75. The average molecular weight is 204 g/mol. The van der Waals surface area contributed by atoms with Gasteiger partial charge in [0.1, 0.15) is 0 Å². The Labute approximate surface area is 83.3 Å². The van der Waals surface area contributed by atoms with Crippen LogP contribution in [0.5, 0.6) is 0 Å². The van der Waals surface area contributed by atoms with Crippen molar-refractivity contribution in [3.63, 3.8) is 0 Å². The summed E-state index contributed by atoms with van der Waals surface area (Å²) in [4.78, 5) is 0. The van der Waals surface area contributed by atoms with Gasteiger partial charge in [-0.3, -0.25) is 0 Å². The lowest BCUT2D eigenvalue weighted by Gasteiger charge is -2.37. The van der Waals surface area contributed by atoms with Crippen LogP contribution in [0.3, 0.4) is 0 Å². The molecular formula is C10H24O2Si. The van der Waals surface area contributed by atoms with E-state index in [4.69, 9.17) is 4.74 Å². The Balaban J connectivity index is 4.39. The summed E-state index contributed by atoms with van der Waals surface area (Å²) in [7, 11) is -1.33. The molecule has 0 saturated heterocycles. The molecule has 0 saturated carbocycles. The smallest absolute Gasteiger partial charge is 0.0617 e. The minimum atomic E-state index is -1.33. The molecule has 0 heterocycles. The van der Waals surface area contributed by atoms with Crippen molar-refractivity contribution in [1.29, 1.82) is 0 Å². The van der Waals surface area contributed by atoms with Crippen molar-refractivity contribution in [1.82, 2.24) is 0 Å². The Morgan fingerprint density at radius 2 is 1.77 bits per heavy atom. The van der Waals surface area contributed by atoms with E-state index >= 15 is 0 Å². The minimum absolute atomic E-state index is 0.306. The topological polar surface area (TPSA) is 29.5 Å². The number of aliphatic hydroxyl groups is 1. The summed E-state index contributed by atoms with van der Waals surface area (Å²) < 4.78 is 5.42. The molecule has 1 atom stereocenters. The van der Waals surface area contributed by atoms with Crippen LogP contribution in [0.2, 0.25) is 25.2 Å². The van der Waals surface area contributed by atoms with Crippen LogP contribution in [-0.2, 0) is 4.74 Å². The first-order chi connectivity index (χ1) is 5.69. The predicted molar refractivity (Wildman–Crippen MR) is 59.9 cm³/mol. The first kappa shape index (κ1) is 13.1. The van der Waals surface area contributed by atoms with Gasteiger partial charge in [-0.1, -0.05) is 19.6 Å². The predicted octanol–water partition coefficient (Wildman–Crippen LogP) is 2.50. The number of hydrogen-bond donors (Lipinski definition) is 1.